The third-order valence-electron chi connectivity index (χ3n) is 3.26. The van der Waals surface area contributed by atoms with Gasteiger partial charge in [-0.2, -0.15) is 0 Å². The van der Waals surface area contributed by atoms with E-state index in [1.807, 2.05) is 6.20 Å². The van der Waals surface area contributed by atoms with Crippen LogP contribution in [-0.2, 0) is 17.8 Å². The predicted molar refractivity (Wildman–Crippen MR) is 66.9 cm³/mol. The smallest absolute Gasteiger partial charge is 0.141 e. The van der Waals surface area contributed by atoms with E-state index in [1.165, 1.54) is 6.42 Å². The van der Waals surface area contributed by atoms with Crippen LogP contribution in [0.2, 0.25) is 0 Å². The molecule has 1 saturated heterocycles. The minimum Gasteiger partial charge on any atom is -0.335 e. The molecule has 4 heteroatoms. The summed E-state index contributed by atoms with van der Waals surface area (Å²) in [5.74, 6) is 1.21. The molecule has 0 bridgehead atoms. The Balaban J connectivity index is 1.86. The molecule has 0 aromatic carbocycles. The Kier molecular flexibility index (Phi) is 4.31. The molecular weight excluding hydrogens is 214 g/mol. The Morgan fingerprint density at radius 3 is 3.24 bits per heavy atom. The highest BCUT2D eigenvalue weighted by atomic mass is 16.1. The van der Waals surface area contributed by atoms with Gasteiger partial charge in [-0.1, -0.05) is 6.92 Å². The fourth-order valence-corrected chi connectivity index (χ4v) is 2.41. The van der Waals surface area contributed by atoms with E-state index in [0.717, 1.165) is 31.8 Å². The van der Waals surface area contributed by atoms with E-state index >= 15 is 0 Å². The number of aryl methyl sites for hydroxylation is 1. The quantitative estimate of drug-likeness (QED) is 0.813. The molecule has 1 aliphatic rings. The predicted octanol–water partition coefficient (Wildman–Crippen LogP) is 1.55. The zero-order valence-electron chi connectivity index (χ0n) is 10.5. The number of hydrogen-bond acceptors (Lipinski definition) is 3. The van der Waals surface area contributed by atoms with Crippen molar-refractivity contribution in [2.75, 3.05) is 6.54 Å². The molecule has 0 radical (unpaired) electrons. The lowest BCUT2D eigenvalue weighted by Crippen LogP contribution is -2.25. The largest absolute Gasteiger partial charge is 0.335 e. The Labute approximate surface area is 102 Å². The topological polar surface area (TPSA) is 46.9 Å². The molecule has 1 unspecified atom stereocenters. The van der Waals surface area contributed by atoms with Crippen molar-refractivity contribution < 1.29 is 4.79 Å². The lowest BCUT2D eigenvalue weighted by atomic mass is 10.1. The molecule has 1 aromatic heterocycles. The maximum absolute atomic E-state index is 11.9. The van der Waals surface area contributed by atoms with Crippen LogP contribution in [0.1, 0.15) is 38.4 Å². The van der Waals surface area contributed by atoms with E-state index in [2.05, 4.69) is 21.8 Å². The highest BCUT2D eigenvalue weighted by Gasteiger charge is 2.18. The number of imidazole rings is 1. The number of carbonyl (C=O) groups excluding carboxylic acids is 1. The van der Waals surface area contributed by atoms with Gasteiger partial charge in [0.2, 0.25) is 0 Å². The van der Waals surface area contributed by atoms with Crippen LogP contribution in [0, 0.1) is 0 Å². The maximum atomic E-state index is 11.9. The second kappa shape index (κ2) is 5.96. The van der Waals surface area contributed by atoms with Crippen molar-refractivity contribution in [3.63, 3.8) is 0 Å². The van der Waals surface area contributed by atoms with E-state index in [0.29, 0.717) is 24.7 Å². The third-order valence-corrected chi connectivity index (χ3v) is 3.26. The van der Waals surface area contributed by atoms with E-state index < -0.39 is 0 Å². The Bertz CT molecular complexity index is 366. The molecule has 2 rings (SSSR count). The number of ketones is 1. The van der Waals surface area contributed by atoms with Gasteiger partial charge in [0.1, 0.15) is 11.6 Å². The number of aromatic nitrogens is 2. The summed E-state index contributed by atoms with van der Waals surface area (Å²) in [5, 5.41) is 3.36. The number of hydrogen-bond donors (Lipinski definition) is 1. The minimum absolute atomic E-state index is 0.299. The highest BCUT2D eigenvalue weighted by molar-refractivity contribution is 5.80. The number of carbonyl (C=O) groups is 1. The molecule has 1 fully saturated rings. The van der Waals surface area contributed by atoms with E-state index in [9.17, 15) is 4.79 Å². The van der Waals surface area contributed by atoms with Gasteiger partial charge in [-0.15, -0.1) is 0 Å². The Hall–Kier alpha value is -1.16. The van der Waals surface area contributed by atoms with Crippen molar-refractivity contribution in [3.8, 4) is 0 Å². The molecule has 1 N–H and O–H groups in total. The Morgan fingerprint density at radius 1 is 1.65 bits per heavy atom. The second-order valence-electron chi connectivity index (χ2n) is 4.75. The molecule has 1 aromatic rings. The zero-order valence-corrected chi connectivity index (χ0v) is 10.5. The van der Waals surface area contributed by atoms with Crippen molar-refractivity contribution in [3.05, 3.63) is 18.2 Å². The van der Waals surface area contributed by atoms with Gasteiger partial charge in [0.05, 0.1) is 6.42 Å². The first-order valence-corrected chi connectivity index (χ1v) is 6.54. The van der Waals surface area contributed by atoms with Crippen LogP contribution in [0.15, 0.2) is 12.4 Å². The lowest BCUT2D eigenvalue weighted by Gasteiger charge is -2.09. The summed E-state index contributed by atoms with van der Waals surface area (Å²) >= 11 is 0. The molecule has 0 aliphatic carbocycles. The molecule has 94 valence electrons. The summed E-state index contributed by atoms with van der Waals surface area (Å²) < 4.78 is 2.08. The van der Waals surface area contributed by atoms with Crippen LogP contribution in [0.4, 0.5) is 0 Å². The maximum Gasteiger partial charge on any atom is 0.141 e. The number of nitrogens with zero attached hydrogens (tertiary/aromatic N) is 2. The van der Waals surface area contributed by atoms with E-state index in [-0.39, 0.29) is 0 Å². The molecule has 0 saturated carbocycles. The fraction of sp³-hybridized carbons (Fsp3) is 0.692. The molecule has 1 aliphatic heterocycles. The third kappa shape index (κ3) is 3.40. The van der Waals surface area contributed by atoms with Crippen LogP contribution in [0.3, 0.4) is 0 Å². The van der Waals surface area contributed by atoms with E-state index in [1.54, 1.807) is 6.20 Å². The second-order valence-corrected chi connectivity index (χ2v) is 4.75. The summed E-state index contributed by atoms with van der Waals surface area (Å²) in [4.78, 5) is 16.2. The van der Waals surface area contributed by atoms with Crippen LogP contribution in [0.25, 0.3) is 0 Å². The molecular formula is C13H21N3O. The summed E-state index contributed by atoms with van der Waals surface area (Å²) in [5.41, 5.74) is 0. The van der Waals surface area contributed by atoms with Crippen molar-refractivity contribution in [1.29, 1.82) is 0 Å². The Morgan fingerprint density at radius 2 is 2.53 bits per heavy atom. The molecule has 4 nitrogen and oxygen atoms in total. The summed E-state index contributed by atoms with van der Waals surface area (Å²) in [6.07, 6.45) is 8.27. The van der Waals surface area contributed by atoms with Crippen LogP contribution < -0.4 is 5.32 Å². The van der Waals surface area contributed by atoms with Crippen LogP contribution in [0.5, 0.6) is 0 Å². The van der Waals surface area contributed by atoms with Gasteiger partial charge < -0.3 is 9.88 Å². The number of rotatable bonds is 6. The highest BCUT2D eigenvalue weighted by Crippen LogP contribution is 2.11. The fourth-order valence-electron chi connectivity index (χ4n) is 2.41. The van der Waals surface area contributed by atoms with Gasteiger partial charge in [0.15, 0.2) is 0 Å². The monoisotopic (exact) mass is 235 g/mol. The van der Waals surface area contributed by atoms with Gasteiger partial charge in [0, 0.05) is 31.4 Å². The molecule has 1 atom stereocenters. The molecule has 17 heavy (non-hydrogen) atoms. The average Bonchev–Trinajstić information content (AvgIpc) is 2.92. The van der Waals surface area contributed by atoms with Gasteiger partial charge in [-0.05, 0) is 25.8 Å². The van der Waals surface area contributed by atoms with E-state index in [4.69, 9.17) is 0 Å². The summed E-state index contributed by atoms with van der Waals surface area (Å²) in [6.45, 7) is 4.14. The number of Topliss-reactive ketones (excluding diaryl/α,β-unsaturated/α-hetero) is 1. The van der Waals surface area contributed by atoms with Crippen LogP contribution >= 0.6 is 0 Å². The first-order valence-electron chi connectivity index (χ1n) is 6.54. The lowest BCUT2D eigenvalue weighted by molar-refractivity contribution is -0.119. The number of nitrogens with one attached hydrogen (secondary N) is 1. The summed E-state index contributed by atoms with van der Waals surface area (Å²) in [6, 6.07) is 0.400. The van der Waals surface area contributed by atoms with Crippen molar-refractivity contribution >= 4 is 5.78 Å². The van der Waals surface area contributed by atoms with Crippen molar-refractivity contribution in [2.24, 2.45) is 0 Å². The molecule has 2 heterocycles. The first-order chi connectivity index (χ1) is 8.29. The van der Waals surface area contributed by atoms with Crippen LogP contribution in [-0.4, -0.2) is 27.9 Å². The zero-order chi connectivity index (χ0) is 12.1. The molecule has 0 amide bonds. The minimum atomic E-state index is 0.299. The normalized spacial score (nSPS) is 19.7. The standard InChI is InChI=1S/C13H21N3O/c1-2-7-16-8-6-15-13(16)10-12(17)9-11-4-3-5-14-11/h6,8,11,14H,2-5,7,9-10H2,1H3. The van der Waals surface area contributed by atoms with Gasteiger partial charge in [-0.3, -0.25) is 4.79 Å². The SMILES string of the molecule is CCCn1ccnc1CC(=O)CC1CCCN1. The van der Waals surface area contributed by atoms with Gasteiger partial charge in [0.25, 0.3) is 0 Å². The van der Waals surface area contributed by atoms with Gasteiger partial charge >= 0.3 is 0 Å². The van der Waals surface area contributed by atoms with Crippen molar-refractivity contribution in [2.45, 2.75) is 51.6 Å². The van der Waals surface area contributed by atoms with Crippen molar-refractivity contribution in [1.82, 2.24) is 14.9 Å². The first kappa shape index (κ1) is 12.3. The van der Waals surface area contributed by atoms with Gasteiger partial charge in [-0.25, -0.2) is 4.98 Å². The average molecular weight is 235 g/mol. The summed E-state index contributed by atoms with van der Waals surface area (Å²) in [7, 11) is 0. The molecule has 0 spiro atoms.